The van der Waals surface area contributed by atoms with Crippen molar-refractivity contribution in [1.29, 1.82) is 0 Å². The summed E-state index contributed by atoms with van der Waals surface area (Å²) < 4.78 is 18.2. The Balaban J connectivity index is 1.82. The molecule has 4 rings (SSSR count). The summed E-state index contributed by atoms with van der Waals surface area (Å²) >= 11 is 2.13. The first-order valence-corrected chi connectivity index (χ1v) is 13.5. The van der Waals surface area contributed by atoms with Crippen LogP contribution in [0.2, 0.25) is 0 Å². The number of rotatable bonds is 8. The number of benzene rings is 3. The van der Waals surface area contributed by atoms with Gasteiger partial charge in [0.25, 0.3) is 5.56 Å². The lowest BCUT2D eigenvalue weighted by Crippen LogP contribution is -2.25. The highest BCUT2D eigenvalue weighted by atomic mass is 127. The van der Waals surface area contributed by atoms with Crippen LogP contribution in [-0.2, 0) is 9.53 Å². The highest BCUT2D eigenvalue weighted by Crippen LogP contribution is 2.34. The maximum absolute atomic E-state index is 13.7. The van der Waals surface area contributed by atoms with E-state index in [1.807, 2.05) is 43.3 Å². The molecule has 1 atom stereocenters. The average Bonchev–Trinajstić information content (AvgIpc) is 2.92. The fourth-order valence-electron chi connectivity index (χ4n) is 4.19. The standard InChI is InChI=1S/C30H30IN3O5/c1-17(2)22-15-23(18(3)13-27(22)37-5)28-33-25-10-8-7-9-21(25)29(35)34(28)32-16-20-11-12-26(24(31)14-20)39-19(4)30(36)38-6/h7-17,19H,1-6H3/t19-/m0/s1. The summed E-state index contributed by atoms with van der Waals surface area (Å²) in [7, 11) is 2.98. The molecule has 0 aliphatic rings. The third-order valence-corrected chi connectivity index (χ3v) is 7.15. The molecule has 1 aromatic heterocycles. The van der Waals surface area contributed by atoms with Crippen LogP contribution in [0.3, 0.4) is 0 Å². The molecule has 0 fully saturated rings. The van der Waals surface area contributed by atoms with Gasteiger partial charge >= 0.3 is 5.97 Å². The van der Waals surface area contributed by atoms with Crippen molar-refractivity contribution in [2.75, 3.05) is 14.2 Å². The zero-order valence-corrected chi connectivity index (χ0v) is 24.8. The molecular formula is C30H30IN3O5. The molecule has 3 aromatic carbocycles. The van der Waals surface area contributed by atoms with Crippen LogP contribution in [0, 0.1) is 10.5 Å². The summed E-state index contributed by atoms with van der Waals surface area (Å²) in [5, 5.41) is 5.08. The zero-order valence-electron chi connectivity index (χ0n) is 22.7. The largest absolute Gasteiger partial charge is 0.496 e. The Morgan fingerprint density at radius 1 is 1.05 bits per heavy atom. The normalized spacial score (nSPS) is 12.2. The van der Waals surface area contributed by atoms with Gasteiger partial charge < -0.3 is 14.2 Å². The zero-order chi connectivity index (χ0) is 28.3. The molecule has 0 radical (unpaired) electrons. The minimum absolute atomic E-state index is 0.202. The van der Waals surface area contributed by atoms with Gasteiger partial charge in [0, 0.05) is 5.56 Å². The molecule has 0 N–H and O–H groups in total. The topological polar surface area (TPSA) is 92.0 Å². The Kier molecular flexibility index (Phi) is 8.69. The van der Waals surface area contributed by atoms with Gasteiger partial charge in [0.15, 0.2) is 11.9 Å². The van der Waals surface area contributed by atoms with Crippen molar-refractivity contribution in [3.63, 3.8) is 0 Å². The molecule has 39 heavy (non-hydrogen) atoms. The number of halogens is 1. The summed E-state index contributed by atoms with van der Waals surface area (Å²) in [6, 6.07) is 16.7. The maximum Gasteiger partial charge on any atom is 0.346 e. The first-order chi connectivity index (χ1) is 18.6. The second-order valence-corrected chi connectivity index (χ2v) is 10.5. The van der Waals surface area contributed by atoms with Gasteiger partial charge in [-0.3, -0.25) is 4.79 Å². The molecular weight excluding hydrogens is 609 g/mol. The number of para-hydroxylation sites is 1. The van der Waals surface area contributed by atoms with Crippen molar-refractivity contribution in [3.05, 3.63) is 85.2 Å². The minimum atomic E-state index is -0.740. The van der Waals surface area contributed by atoms with Crippen molar-refractivity contribution in [2.24, 2.45) is 5.10 Å². The molecule has 0 amide bonds. The van der Waals surface area contributed by atoms with E-state index in [0.717, 1.165) is 31.6 Å². The lowest BCUT2D eigenvalue weighted by molar-refractivity contribution is -0.147. The Hall–Kier alpha value is -3.73. The molecule has 0 aliphatic carbocycles. The molecule has 202 valence electrons. The van der Waals surface area contributed by atoms with Crippen LogP contribution >= 0.6 is 22.6 Å². The van der Waals surface area contributed by atoms with E-state index in [9.17, 15) is 9.59 Å². The molecule has 1 heterocycles. The van der Waals surface area contributed by atoms with E-state index >= 15 is 0 Å². The number of hydrogen-bond donors (Lipinski definition) is 0. The number of carbonyl (C=O) groups is 1. The van der Waals surface area contributed by atoms with Gasteiger partial charge in [-0.05, 0) is 102 Å². The first kappa shape index (κ1) is 28.3. The van der Waals surface area contributed by atoms with E-state index in [1.165, 1.54) is 11.8 Å². The number of aromatic nitrogens is 2. The van der Waals surface area contributed by atoms with Crippen molar-refractivity contribution in [2.45, 2.75) is 39.7 Å². The SMILES string of the molecule is COC(=O)[C@H](C)Oc1ccc(C=Nn2c(-c3cc(C(C)C)c(OC)cc3C)nc3ccccc3c2=O)cc1I. The van der Waals surface area contributed by atoms with E-state index in [-0.39, 0.29) is 11.5 Å². The van der Waals surface area contributed by atoms with Crippen LogP contribution in [0.25, 0.3) is 22.3 Å². The van der Waals surface area contributed by atoms with Crippen LogP contribution in [0.1, 0.15) is 43.4 Å². The molecule has 8 nitrogen and oxygen atoms in total. The van der Waals surface area contributed by atoms with Crippen LogP contribution in [0.5, 0.6) is 11.5 Å². The Bertz CT molecular complexity index is 1630. The Morgan fingerprint density at radius 2 is 1.79 bits per heavy atom. The number of carbonyl (C=O) groups excluding carboxylic acids is 1. The molecule has 0 bridgehead atoms. The number of hydrogen-bond acceptors (Lipinski definition) is 7. The van der Waals surface area contributed by atoms with Crippen molar-refractivity contribution in [1.82, 2.24) is 9.66 Å². The fourth-order valence-corrected chi connectivity index (χ4v) is 4.86. The predicted octanol–water partition coefficient (Wildman–Crippen LogP) is 5.93. The van der Waals surface area contributed by atoms with E-state index in [1.54, 1.807) is 38.4 Å². The third-order valence-electron chi connectivity index (χ3n) is 6.31. The smallest absolute Gasteiger partial charge is 0.346 e. The summed E-state index contributed by atoms with van der Waals surface area (Å²) in [6.07, 6.45) is 0.871. The molecule has 0 saturated heterocycles. The van der Waals surface area contributed by atoms with Gasteiger partial charge in [-0.25, -0.2) is 9.78 Å². The molecule has 0 spiro atoms. The number of nitrogens with zero attached hydrogens (tertiary/aromatic N) is 3. The number of esters is 1. The number of ether oxygens (including phenoxy) is 3. The summed E-state index contributed by atoms with van der Waals surface area (Å²) in [5.41, 5.74) is 3.81. The number of fused-ring (bicyclic) bond motifs is 1. The minimum Gasteiger partial charge on any atom is -0.496 e. The second-order valence-electron chi connectivity index (χ2n) is 9.35. The lowest BCUT2D eigenvalue weighted by atomic mass is 9.96. The lowest BCUT2D eigenvalue weighted by Gasteiger charge is -2.17. The van der Waals surface area contributed by atoms with Crippen molar-refractivity contribution >= 4 is 45.7 Å². The second kappa shape index (κ2) is 12.0. The molecule has 0 saturated carbocycles. The average molecular weight is 639 g/mol. The van der Waals surface area contributed by atoms with Crippen LogP contribution in [0.15, 0.2) is 64.5 Å². The van der Waals surface area contributed by atoms with Gasteiger partial charge in [0.1, 0.15) is 11.5 Å². The van der Waals surface area contributed by atoms with Crippen LogP contribution in [0.4, 0.5) is 0 Å². The van der Waals surface area contributed by atoms with Crippen molar-refractivity contribution < 1.29 is 19.0 Å². The summed E-state index contributed by atoms with van der Waals surface area (Å²) in [4.78, 5) is 30.2. The van der Waals surface area contributed by atoms with Gasteiger partial charge in [0.2, 0.25) is 0 Å². The van der Waals surface area contributed by atoms with Crippen LogP contribution < -0.4 is 15.0 Å². The summed E-state index contributed by atoms with van der Waals surface area (Å²) in [5.74, 6) is 1.53. The van der Waals surface area contributed by atoms with Gasteiger partial charge in [-0.15, -0.1) is 0 Å². The Morgan fingerprint density at radius 3 is 2.46 bits per heavy atom. The first-order valence-electron chi connectivity index (χ1n) is 12.4. The van der Waals surface area contributed by atoms with Gasteiger partial charge in [0.05, 0.1) is 34.9 Å². The molecule has 0 aliphatic heterocycles. The third kappa shape index (κ3) is 5.98. The Labute approximate surface area is 240 Å². The van der Waals surface area contributed by atoms with Crippen molar-refractivity contribution in [3.8, 4) is 22.9 Å². The van der Waals surface area contributed by atoms with Gasteiger partial charge in [-0.2, -0.15) is 9.78 Å². The molecule has 9 heteroatoms. The molecule has 0 unspecified atom stereocenters. The predicted molar refractivity (Wildman–Crippen MR) is 161 cm³/mol. The summed E-state index contributed by atoms with van der Waals surface area (Å²) in [6.45, 7) is 7.78. The van der Waals surface area contributed by atoms with E-state index < -0.39 is 12.1 Å². The highest BCUT2D eigenvalue weighted by molar-refractivity contribution is 14.1. The maximum atomic E-state index is 13.7. The quantitative estimate of drug-likeness (QED) is 0.135. The van der Waals surface area contributed by atoms with Gasteiger partial charge in [-0.1, -0.05) is 26.0 Å². The van der Waals surface area contributed by atoms with E-state index in [4.69, 9.17) is 19.2 Å². The highest BCUT2D eigenvalue weighted by Gasteiger charge is 2.19. The van der Waals surface area contributed by atoms with E-state index in [0.29, 0.717) is 22.5 Å². The fraction of sp³-hybridized carbons (Fsp3) is 0.267. The number of methoxy groups -OCH3 is 2. The van der Waals surface area contributed by atoms with Crippen LogP contribution in [-0.4, -0.2) is 42.2 Å². The van der Waals surface area contributed by atoms with E-state index in [2.05, 4.69) is 41.5 Å². The number of aryl methyl sites for hydroxylation is 1. The molecule has 4 aromatic rings. The monoisotopic (exact) mass is 639 g/mol.